The number of sulfone groups is 1. The second kappa shape index (κ2) is 7.73. The van der Waals surface area contributed by atoms with Crippen LogP contribution in [0.1, 0.15) is 10.4 Å². The van der Waals surface area contributed by atoms with E-state index in [0.29, 0.717) is 16.6 Å². The van der Waals surface area contributed by atoms with E-state index in [9.17, 15) is 23.3 Å². The number of nitro benzene ring substituents is 1. The van der Waals surface area contributed by atoms with E-state index in [1.165, 1.54) is 36.0 Å². The van der Waals surface area contributed by atoms with Gasteiger partial charge in [0.15, 0.2) is 15.0 Å². The van der Waals surface area contributed by atoms with Crippen LogP contribution in [-0.4, -0.2) is 54.3 Å². The number of amidine groups is 1. The number of nitrogens with zero attached hydrogens (tertiary/aromatic N) is 3. The molecule has 0 radical (unpaired) electrons. The van der Waals surface area contributed by atoms with Gasteiger partial charge in [-0.2, -0.15) is 4.99 Å². The number of rotatable bonds is 4. The van der Waals surface area contributed by atoms with Crippen LogP contribution in [0, 0.1) is 10.1 Å². The van der Waals surface area contributed by atoms with Crippen LogP contribution in [0.3, 0.4) is 0 Å². The van der Waals surface area contributed by atoms with E-state index >= 15 is 0 Å². The third kappa shape index (κ3) is 3.90. The lowest BCUT2D eigenvalue weighted by molar-refractivity contribution is -0.384. The largest absolute Gasteiger partial charge is 0.497 e. The van der Waals surface area contributed by atoms with Crippen LogP contribution < -0.4 is 9.64 Å². The van der Waals surface area contributed by atoms with Gasteiger partial charge in [-0.3, -0.25) is 14.9 Å². The Hall–Kier alpha value is -2.92. The maximum absolute atomic E-state index is 12.7. The monoisotopic (exact) mass is 447 g/mol. The first-order valence-corrected chi connectivity index (χ1v) is 11.7. The fourth-order valence-corrected chi connectivity index (χ4v) is 7.43. The van der Waals surface area contributed by atoms with E-state index in [1.807, 2.05) is 0 Å². The molecule has 2 heterocycles. The lowest BCUT2D eigenvalue weighted by Gasteiger charge is -2.24. The maximum atomic E-state index is 12.7. The lowest BCUT2D eigenvalue weighted by Crippen LogP contribution is -2.37. The van der Waals surface area contributed by atoms with E-state index in [0.717, 1.165) is 0 Å². The Kier molecular flexibility index (Phi) is 5.24. The Bertz CT molecular complexity index is 1150. The minimum absolute atomic E-state index is 0.0129. The molecule has 4 rings (SSSR count). The van der Waals surface area contributed by atoms with E-state index in [2.05, 4.69) is 4.99 Å². The number of methoxy groups -OCH3 is 1. The molecule has 2 aliphatic heterocycles. The van der Waals surface area contributed by atoms with Crippen LogP contribution in [0.2, 0.25) is 0 Å². The summed E-state index contributed by atoms with van der Waals surface area (Å²) in [6, 6.07) is 12.1. The molecule has 2 saturated heterocycles. The van der Waals surface area contributed by atoms with Crippen molar-refractivity contribution in [3.63, 3.8) is 0 Å². The molecule has 30 heavy (non-hydrogen) atoms. The van der Waals surface area contributed by atoms with Gasteiger partial charge in [0.1, 0.15) is 5.75 Å². The molecule has 2 fully saturated rings. The van der Waals surface area contributed by atoms with Gasteiger partial charge in [0.05, 0.1) is 29.6 Å². The normalized spacial score (nSPS) is 23.4. The molecular weight excluding hydrogens is 430 g/mol. The van der Waals surface area contributed by atoms with Crippen molar-refractivity contribution in [1.82, 2.24) is 0 Å². The SMILES string of the molecule is COc1ccc(N2C(=NC(=O)c3cccc([N+](=O)[O-])c3)S[C@H]3CS(=O)(=O)C[C@@H]32)cc1. The highest BCUT2D eigenvalue weighted by Gasteiger charge is 2.49. The minimum atomic E-state index is -3.18. The summed E-state index contributed by atoms with van der Waals surface area (Å²) >= 11 is 1.24. The second-order valence-corrected chi connectivity index (χ2v) is 10.2. The third-order valence-corrected chi connectivity index (χ3v) is 8.13. The topological polar surface area (TPSA) is 119 Å². The molecule has 156 valence electrons. The first-order chi connectivity index (χ1) is 14.3. The Morgan fingerprint density at radius 2 is 1.97 bits per heavy atom. The summed E-state index contributed by atoms with van der Waals surface area (Å²) in [6.07, 6.45) is 0. The number of benzene rings is 2. The zero-order chi connectivity index (χ0) is 21.5. The molecule has 11 heteroatoms. The Morgan fingerprint density at radius 1 is 1.23 bits per heavy atom. The summed E-state index contributed by atoms with van der Waals surface area (Å²) in [4.78, 5) is 29.1. The first kappa shape index (κ1) is 20.4. The number of aliphatic imine (C=N–C) groups is 1. The molecule has 2 aliphatic rings. The summed E-state index contributed by atoms with van der Waals surface area (Å²) in [5.74, 6) is 0.00889. The standard InChI is InChI=1S/C19H17N3O6S2/c1-28-15-7-5-13(6-8-15)21-16-10-30(26,27)11-17(16)29-19(21)20-18(23)12-3-2-4-14(9-12)22(24)25/h2-9,16-17H,10-11H2,1H3/t16-,17-/m0/s1. The second-order valence-electron chi connectivity index (χ2n) is 6.88. The summed E-state index contributed by atoms with van der Waals surface area (Å²) in [7, 11) is -1.63. The van der Waals surface area contributed by atoms with Crippen LogP contribution in [0.5, 0.6) is 5.75 Å². The van der Waals surface area contributed by atoms with Crippen LogP contribution in [-0.2, 0) is 9.84 Å². The molecule has 2 aromatic rings. The van der Waals surface area contributed by atoms with Crippen molar-refractivity contribution in [2.75, 3.05) is 23.5 Å². The van der Waals surface area contributed by atoms with Gasteiger partial charge in [0.25, 0.3) is 11.6 Å². The first-order valence-electron chi connectivity index (χ1n) is 8.95. The van der Waals surface area contributed by atoms with Crippen LogP contribution in [0.25, 0.3) is 0 Å². The molecule has 2 atom stereocenters. The van der Waals surface area contributed by atoms with Crippen LogP contribution >= 0.6 is 11.8 Å². The number of thioether (sulfide) groups is 1. The van der Waals surface area contributed by atoms with E-state index in [1.54, 1.807) is 36.3 Å². The van der Waals surface area contributed by atoms with Crippen LogP contribution in [0.4, 0.5) is 11.4 Å². The van der Waals surface area contributed by atoms with Gasteiger partial charge >= 0.3 is 0 Å². The zero-order valence-electron chi connectivity index (χ0n) is 15.8. The number of hydrogen-bond donors (Lipinski definition) is 0. The molecule has 2 aromatic carbocycles. The van der Waals surface area contributed by atoms with Gasteiger partial charge in [0.2, 0.25) is 0 Å². The van der Waals surface area contributed by atoms with Crippen molar-refractivity contribution in [2.24, 2.45) is 4.99 Å². The predicted molar refractivity (Wildman–Crippen MR) is 114 cm³/mol. The number of carbonyl (C=O) groups is 1. The van der Waals surface area contributed by atoms with Gasteiger partial charge in [0, 0.05) is 28.6 Å². The molecule has 0 N–H and O–H groups in total. The number of ether oxygens (including phenoxy) is 1. The number of hydrogen-bond acceptors (Lipinski definition) is 7. The third-order valence-electron chi connectivity index (χ3n) is 4.92. The average molecular weight is 447 g/mol. The van der Waals surface area contributed by atoms with Crippen molar-refractivity contribution in [3.05, 3.63) is 64.2 Å². The Morgan fingerprint density at radius 3 is 2.63 bits per heavy atom. The number of non-ortho nitro benzene ring substituents is 1. The van der Waals surface area contributed by atoms with E-state index in [-0.39, 0.29) is 34.0 Å². The number of amides is 1. The summed E-state index contributed by atoms with van der Waals surface area (Å²) in [5, 5.41) is 11.1. The maximum Gasteiger partial charge on any atom is 0.279 e. The molecular formula is C19H17N3O6S2. The smallest absolute Gasteiger partial charge is 0.279 e. The Balaban J connectivity index is 1.70. The highest BCUT2D eigenvalue weighted by Crippen LogP contribution is 2.41. The summed E-state index contributed by atoms with van der Waals surface area (Å²) < 4.78 is 29.5. The van der Waals surface area contributed by atoms with Gasteiger partial charge in [-0.05, 0) is 30.3 Å². The van der Waals surface area contributed by atoms with Crippen LogP contribution in [0.15, 0.2) is 53.5 Å². The number of fused-ring (bicyclic) bond motifs is 1. The van der Waals surface area contributed by atoms with Gasteiger partial charge in [-0.1, -0.05) is 17.8 Å². The molecule has 0 spiro atoms. The highest BCUT2D eigenvalue weighted by atomic mass is 32.2. The van der Waals surface area contributed by atoms with Gasteiger partial charge < -0.3 is 9.64 Å². The van der Waals surface area contributed by atoms with E-state index in [4.69, 9.17) is 4.74 Å². The number of carbonyl (C=O) groups excluding carboxylic acids is 1. The molecule has 0 aliphatic carbocycles. The van der Waals surface area contributed by atoms with Crippen molar-refractivity contribution in [1.29, 1.82) is 0 Å². The van der Waals surface area contributed by atoms with Gasteiger partial charge in [-0.25, -0.2) is 8.42 Å². The highest BCUT2D eigenvalue weighted by molar-refractivity contribution is 8.16. The molecule has 0 aromatic heterocycles. The van der Waals surface area contributed by atoms with Crippen molar-refractivity contribution in [2.45, 2.75) is 11.3 Å². The molecule has 9 nitrogen and oxygen atoms in total. The van der Waals surface area contributed by atoms with Crippen molar-refractivity contribution in [3.8, 4) is 5.75 Å². The number of anilines is 1. The fraction of sp³-hybridized carbons (Fsp3) is 0.263. The number of nitro groups is 1. The summed E-state index contributed by atoms with van der Waals surface area (Å²) in [6.45, 7) is 0. The molecule has 0 bridgehead atoms. The minimum Gasteiger partial charge on any atom is -0.497 e. The average Bonchev–Trinajstić information content (AvgIpc) is 3.18. The van der Waals surface area contributed by atoms with Crippen molar-refractivity contribution >= 4 is 44.0 Å². The summed E-state index contributed by atoms with van der Waals surface area (Å²) in [5.41, 5.74) is 0.588. The quantitative estimate of drug-likeness (QED) is 0.518. The zero-order valence-corrected chi connectivity index (χ0v) is 17.4. The predicted octanol–water partition coefficient (Wildman–Crippen LogP) is 2.52. The van der Waals surface area contributed by atoms with Crippen molar-refractivity contribution < 1.29 is 22.9 Å². The molecule has 0 unspecified atom stereocenters. The fourth-order valence-electron chi connectivity index (χ4n) is 3.51. The van der Waals surface area contributed by atoms with E-state index < -0.39 is 20.7 Å². The molecule has 1 amide bonds. The lowest BCUT2D eigenvalue weighted by atomic mass is 10.2. The Labute approximate surface area is 176 Å². The van der Waals surface area contributed by atoms with Gasteiger partial charge in [-0.15, -0.1) is 0 Å². The molecule has 0 saturated carbocycles.